The Morgan fingerprint density at radius 1 is 0.986 bits per heavy atom. The van der Waals surface area contributed by atoms with E-state index < -0.39 is 41.7 Å². The van der Waals surface area contributed by atoms with Crippen LogP contribution in [0, 0.1) is 17.8 Å². The predicted octanol–water partition coefficient (Wildman–Crippen LogP) is 8.20. The van der Waals surface area contributed by atoms with Crippen molar-refractivity contribution in [3.8, 4) is 11.5 Å². The van der Waals surface area contributed by atoms with Crippen molar-refractivity contribution < 1.29 is 46.6 Å². The van der Waals surface area contributed by atoms with Gasteiger partial charge >= 0.3 is 11.8 Å². The fourth-order valence-electron chi connectivity index (χ4n) is 10.1. The van der Waals surface area contributed by atoms with Gasteiger partial charge in [0.1, 0.15) is 29.5 Å². The number of halogens is 2. The van der Waals surface area contributed by atoms with Crippen LogP contribution in [0.2, 0.25) is 0 Å². The molecule has 8 rings (SSSR count). The Labute approximate surface area is 428 Å². The van der Waals surface area contributed by atoms with E-state index in [0.29, 0.717) is 87.1 Å². The second kappa shape index (κ2) is 23.3. The van der Waals surface area contributed by atoms with Crippen LogP contribution in [0.1, 0.15) is 139 Å². The highest BCUT2D eigenvalue weighted by Gasteiger charge is 2.34. The number of anilines is 2. The molecule has 2 N–H and O–H groups in total. The summed E-state index contributed by atoms with van der Waals surface area (Å²) in [5.41, 5.74) is 1.05. The summed E-state index contributed by atoms with van der Waals surface area (Å²) < 4.78 is 50.6. The second-order valence-corrected chi connectivity index (χ2v) is 21.2. The number of rotatable bonds is 22. The molecule has 1 saturated heterocycles. The largest absolute Gasteiger partial charge is 0.444 e. The molecule has 0 radical (unpaired) electrons. The number of Topliss-reactive ketones (excluding diaryl/α,β-unsaturated/α-hetero) is 1. The molecule has 74 heavy (non-hydrogen) atoms. The van der Waals surface area contributed by atoms with Gasteiger partial charge in [-0.15, -0.1) is 0 Å². The van der Waals surface area contributed by atoms with Gasteiger partial charge in [-0.25, -0.2) is 28.3 Å². The third-order valence-electron chi connectivity index (χ3n) is 14.1. The number of ether oxygens (including phenoxy) is 2. The lowest BCUT2D eigenvalue weighted by Crippen LogP contribution is -2.44. The van der Waals surface area contributed by atoms with Crippen molar-refractivity contribution >= 4 is 52.1 Å². The molecule has 2 atom stereocenters. The molecule has 398 valence electrons. The first-order chi connectivity index (χ1) is 35.3. The van der Waals surface area contributed by atoms with E-state index in [1.807, 2.05) is 25.2 Å². The Balaban J connectivity index is 0.774. The van der Waals surface area contributed by atoms with E-state index in [2.05, 4.69) is 30.6 Å². The zero-order valence-corrected chi connectivity index (χ0v) is 43.1. The predicted molar refractivity (Wildman–Crippen MR) is 271 cm³/mol. The minimum atomic E-state index is -2.94. The zero-order chi connectivity index (χ0) is 52.8. The van der Waals surface area contributed by atoms with Crippen LogP contribution in [-0.4, -0.2) is 109 Å². The van der Waals surface area contributed by atoms with Gasteiger partial charge in [-0.05, 0) is 141 Å². The molecule has 5 aromatic rings. The van der Waals surface area contributed by atoms with Gasteiger partial charge in [0.2, 0.25) is 17.7 Å². The van der Waals surface area contributed by atoms with E-state index in [0.717, 1.165) is 56.0 Å². The van der Waals surface area contributed by atoms with Crippen LogP contribution in [0.25, 0.3) is 22.5 Å². The lowest BCUT2D eigenvalue weighted by Gasteiger charge is -2.32. The second-order valence-electron chi connectivity index (χ2n) is 21.2. The van der Waals surface area contributed by atoms with E-state index in [1.54, 1.807) is 51.4 Å². The molecular weight excluding hydrogens is 959 g/mol. The number of alkyl halides is 2. The number of aromatic nitrogens is 6. The first-order valence-electron chi connectivity index (χ1n) is 25.7. The first kappa shape index (κ1) is 53.7. The number of benzene rings is 1. The average molecular weight is 1030 g/mol. The van der Waals surface area contributed by atoms with Gasteiger partial charge in [0.15, 0.2) is 11.4 Å². The van der Waals surface area contributed by atoms with Gasteiger partial charge < -0.3 is 24.1 Å². The van der Waals surface area contributed by atoms with Crippen molar-refractivity contribution in [3.05, 3.63) is 76.4 Å². The van der Waals surface area contributed by atoms with Crippen LogP contribution in [-0.2, 0) is 37.3 Å². The first-order valence-corrected chi connectivity index (χ1v) is 25.7. The fraction of sp³-hybridized carbons (Fsp3) is 0.566. The smallest absolute Gasteiger partial charge is 0.416 e. The van der Waals surface area contributed by atoms with Crippen molar-refractivity contribution in [2.45, 2.75) is 129 Å². The van der Waals surface area contributed by atoms with Crippen LogP contribution >= 0.6 is 0 Å². The van der Waals surface area contributed by atoms with Crippen molar-refractivity contribution in [2.75, 3.05) is 50.1 Å². The molecular formula is C53H68F2N10O9. The third-order valence-corrected chi connectivity index (χ3v) is 14.1. The van der Waals surface area contributed by atoms with Gasteiger partial charge in [-0.1, -0.05) is 12.1 Å². The van der Waals surface area contributed by atoms with Crippen molar-refractivity contribution in [1.29, 1.82) is 0 Å². The standard InChI is InChI=1S/C53H68F2N10O9/c1-32(66)37(12-9-25-72-24-8-11-35-10-7-13-41-46(35)62(6)51(70)65(41)42-20-21-44(67)59-49(42)69)29-61(5)27-33-16-18-38(19-17-33)64-30-39(45(60-64)47(54)55)57-48(68)40-31-73-50(58-40)36-22-23-56-43(26-36)63(28-34-14-15-34)52(71)74-53(2,3)4/h7,10,13,22-23,26,30-31,33-34,37-38,42,47H,8-9,11-12,14-21,24-25,27-29H2,1-6H3,(H,57,68)(H,59,67,69). The number of nitrogens with one attached hydrogen (secondary N) is 2. The zero-order valence-electron chi connectivity index (χ0n) is 43.1. The molecule has 1 aromatic carbocycles. The van der Waals surface area contributed by atoms with Gasteiger partial charge in [0, 0.05) is 70.2 Å². The Bertz CT molecular complexity index is 2890. The van der Waals surface area contributed by atoms with E-state index >= 15 is 0 Å². The molecule has 2 saturated carbocycles. The number of nitrogens with zero attached hydrogens (tertiary/aromatic N) is 8. The maximum atomic E-state index is 14.4. The number of para-hydroxylation sites is 1. The summed E-state index contributed by atoms with van der Waals surface area (Å²) in [6.07, 6.45) is 8.97. The highest BCUT2D eigenvalue weighted by Crippen LogP contribution is 2.36. The minimum Gasteiger partial charge on any atom is -0.444 e. The van der Waals surface area contributed by atoms with Crippen LogP contribution in [0.4, 0.5) is 25.1 Å². The number of hydrogen-bond donors (Lipinski definition) is 2. The SMILES string of the molecule is CC(=O)C(CCCOCCCc1cccc2c1n(C)c(=O)n2C1CCC(=O)NC1=O)CN(C)CC1CCC(n2cc(NC(=O)c3coc(-c4ccnc(N(CC5CC5)C(=O)OC(C)(C)C)c4)n3)c(C(F)F)n2)CC1. The number of piperidine rings is 1. The summed E-state index contributed by atoms with van der Waals surface area (Å²) in [4.78, 5) is 89.4. The van der Waals surface area contributed by atoms with Gasteiger partial charge in [-0.3, -0.25) is 43.2 Å². The maximum Gasteiger partial charge on any atom is 0.416 e. The number of imide groups is 1. The van der Waals surface area contributed by atoms with E-state index in [1.165, 1.54) is 26.5 Å². The molecule has 3 fully saturated rings. The summed E-state index contributed by atoms with van der Waals surface area (Å²) in [6, 6.07) is 8.05. The molecule has 0 spiro atoms. The Morgan fingerprint density at radius 2 is 1.72 bits per heavy atom. The van der Waals surface area contributed by atoms with Crippen LogP contribution in [0.5, 0.6) is 0 Å². The van der Waals surface area contributed by atoms with Crippen molar-refractivity contribution in [2.24, 2.45) is 24.8 Å². The number of fused-ring (bicyclic) bond motifs is 1. The highest BCUT2D eigenvalue weighted by atomic mass is 19.3. The van der Waals surface area contributed by atoms with E-state index in [-0.39, 0.29) is 59.5 Å². The normalized spacial score (nSPS) is 18.8. The van der Waals surface area contributed by atoms with E-state index in [4.69, 9.17) is 13.9 Å². The van der Waals surface area contributed by atoms with Gasteiger partial charge in [-0.2, -0.15) is 5.10 Å². The van der Waals surface area contributed by atoms with E-state index in [9.17, 15) is 37.5 Å². The number of oxazole rings is 1. The number of imidazole rings is 1. The molecule has 3 aliphatic rings. The Hall–Kier alpha value is -6.61. The molecule has 2 aliphatic carbocycles. The molecule has 2 unspecified atom stereocenters. The number of carbonyl (C=O) groups is 5. The molecule has 5 heterocycles. The number of carbonyl (C=O) groups excluding carboxylic acids is 5. The lowest BCUT2D eigenvalue weighted by molar-refractivity contribution is -0.135. The third kappa shape index (κ3) is 13.2. The van der Waals surface area contributed by atoms with Crippen LogP contribution in [0.3, 0.4) is 0 Å². The highest BCUT2D eigenvalue weighted by molar-refractivity contribution is 6.03. The summed E-state index contributed by atoms with van der Waals surface area (Å²) in [5, 5.41) is 9.15. The monoisotopic (exact) mass is 1030 g/mol. The summed E-state index contributed by atoms with van der Waals surface area (Å²) in [5.74, 6) is -0.459. The van der Waals surface area contributed by atoms with Crippen molar-refractivity contribution in [3.63, 3.8) is 0 Å². The number of amides is 4. The fourth-order valence-corrected chi connectivity index (χ4v) is 10.1. The summed E-state index contributed by atoms with van der Waals surface area (Å²) in [6.45, 7) is 9.85. The molecule has 1 aliphatic heterocycles. The van der Waals surface area contributed by atoms with Gasteiger partial charge in [0.25, 0.3) is 12.3 Å². The minimum absolute atomic E-state index is 0.0822. The number of ketones is 1. The lowest BCUT2D eigenvalue weighted by atomic mass is 9.85. The summed E-state index contributed by atoms with van der Waals surface area (Å²) >= 11 is 0. The molecule has 0 bridgehead atoms. The Kier molecular flexibility index (Phi) is 16.9. The number of pyridine rings is 1. The summed E-state index contributed by atoms with van der Waals surface area (Å²) in [7, 11) is 3.71. The maximum absolute atomic E-state index is 14.4. The topological polar surface area (TPSA) is 218 Å². The molecule has 21 heteroatoms. The Morgan fingerprint density at radius 3 is 2.42 bits per heavy atom. The number of aryl methyl sites for hydroxylation is 2. The van der Waals surface area contributed by atoms with Crippen molar-refractivity contribution in [1.82, 2.24) is 39.1 Å². The van der Waals surface area contributed by atoms with Crippen LogP contribution in [0.15, 0.2) is 58.2 Å². The van der Waals surface area contributed by atoms with Crippen LogP contribution < -0.4 is 21.2 Å². The quantitative estimate of drug-likeness (QED) is 0.0494. The average Bonchev–Trinajstić information content (AvgIpc) is 3.74. The van der Waals surface area contributed by atoms with Gasteiger partial charge in [0.05, 0.1) is 22.8 Å². The molecule has 4 amide bonds. The molecule has 19 nitrogen and oxygen atoms in total. The molecule has 4 aromatic heterocycles. The number of hydrogen-bond acceptors (Lipinski definition) is 13.